The molecular weight excluding hydrogens is 247 g/mol. The molecule has 0 aromatic heterocycles. The second-order valence-electron chi connectivity index (χ2n) is 2.91. The summed E-state index contributed by atoms with van der Waals surface area (Å²) in [7, 11) is 0. The van der Waals surface area contributed by atoms with Gasteiger partial charge in [0.15, 0.2) is 0 Å². The van der Waals surface area contributed by atoms with Crippen molar-refractivity contribution in [2.75, 3.05) is 0 Å². The third kappa shape index (κ3) is 3.11. The molecule has 0 aliphatic heterocycles. The van der Waals surface area contributed by atoms with Gasteiger partial charge in [0.05, 0.1) is 5.56 Å². The molecule has 1 aromatic carbocycles. The number of hydrogen-bond donors (Lipinski definition) is 2. The topological polar surface area (TPSA) is 63.3 Å². The third-order valence-electron chi connectivity index (χ3n) is 1.88. The van der Waals surface area contributed by atoms with Crippen molar-refractivity contribution in [3.8, 4) is 0 Å². The SMILES string of the molecule is Cl.N[C@@H](c1ccccc1C(=O)O)C(F)(F)F. The van der Waals surface area contributed by atoms with Crippen LogP contribution < -0.4 is 5.73 Å². The molecule has 0 amide bonds. The summed E-state index contributed by atoms with van der Waals surface area (Å²) < 4.78 is 36.8. The van der Waals surface area contributed by atoms with Crippen LogP contribution in [0.15, 0.2) is 24.3 Å². The van der Waals surface area contributed by atoms with E-state index in [-0.39, 0.29) is 12.4 Å². The monoisotopic (exact) mass is 255 g/mol. The number of carbonyl (C=O) groups is 1. The molecule has 16 heavy (non-hydrogen) atoms. The minimum absolute atomic E-state index is 0. The number of nitrogens with two attached hydrogens (primary N) is 1. The Morgan fingerprint density at radius 3 is 2.25 bits per heavy atom. The Labute approximate surface area is 95.5 Å². The molecule has 0 unspecified atom stereocenters. The Balaban J connectivity index is 0.00000225. The number of hydrogen-bond acceptors (Lipinski definition) is 2. The Morgan fingerprint density at radius 2 is 1.81 bits per heavy atom. The van der Waals surface area contributed by atoms with Crippen LogP contribution in [0.2, 0.25) is 0 Å². The molecule has 1 aromatic rings. The molecule has 0 saturated heterocycles. The summed E-state index contributed by atoms with van der Waals surface area (Å²) in [6.07, 6.45) is -4.65. The predicted octanol–water partition coefficient (Wildman–Crippen LogP) is 2.37. The summed E-state index contributed by atoms with van der Waals surface area (Å²) in [6, 6.07) is 2.53. The van der Waals surface area contributed by atoms with Crippen molar-refractivity contribution in [3.63, 3.8) is 0 Å². The first-order valence-corrected chi connectivity index (χ1v) is 3.98. The van der Waals surface area contributed by atoms with Crippen LogP contribution >= 0.6 is 12.4 Å². The summed E-state index contributed by atoms with van der Waals surface area (Å²) in [5.41, 5.74) is 4.06. The van der Waals surface area contributed by atoms with Gasteiger partial charge in [0.1, 0.15) is 6.04 Å². The van der Waals surface area contributed by atoms with Gasteiger partial charge in [0, 0.05) is 0 Å². The van der Waals surface area contributed by atoms with Crippen molar-refractivity contribution in [1.29, 1.82) is 0 Å². The van der Waals surface area contributed by atoms with E-state index in [0.29, 0.717) is 0 Å². The van der Waals surface area contributed by atoms with Gasteiger partial charge in [-0.25, -0.2) is 4.79 Å². The Hall–Kier alpha value is -1.27. The van der Waals surface area contributed by atoms with E-state index in [9.17, 15) is 18.0 Å². The molecule has 1 rings (SSSR count). The zero-order valence-corrected chi connectivity index (χ0v) is 8.68. The first kappa shape index (κ1) is 14.7. The maximum absolute atomic E-state index is 12.3. The molecule has 0 spiro atoms. The van der Waals surface area contributed by atoms with Crippen molar-refractivity contribution in [2.45, 2.75) is 12.2 Å². The van der Waals surface area contributed by atoms with Crippen LogP contribution in [0.1, 0.15) is 22.0 Å². The number of carboxylic acids is 1. The largest absolute Gasteiger partial charge is 0.478 e. The highest BCUT2D eigenvalue weighted by molar-refractivity contribution is 5.89. The normalized spacial score (nSPS) is 12.8. The first-order chi connectivity index (χ1) is 6.84. The van der Waals surface area contributed by atoms with Gasteiger partial charge in [-0.2, -0.15) is 13.2 Å². The highest BCUT2D eigenvalue weighted by atomic mass is 35.5. The van der Waals surface area contributed by atoms with Crippen LogP contribution in [0.3, 0.4) is 0 Å². The fourth-order valence-corrected chi connectivity index (χ4v) is 1.14. The second-order valence-corrected chi connectivity index (χ2v) is 2.91. The van der Waals surface area contributed by atoms with Crippen LogP contribution in [0.5, 0.6) is 0 Å². The predicted molar refractivity (Wildman–Crippen MR) is 53.6 cm³/mol. The number of benzene rings is 1. The van der Waals surface area contributed by atoms with E-state index in [1.807, 2.05) is 0 Å². The second kappa shape index (κ2) is 5.18. The quantitative estimate of drug-likeness (QED) is 0.853. The number of alkyl halides is 3. The minimum atomic E-state index is -4.65. The summed E-state index contributed by atoms with van der Waals surface area (Å²) in [5, 5.41) is 8.66. The number of aromatic carboxylic acids is 1. The lowest BCUT2D eigenvalue weighted by Gasteiger charge is -2.17. The Morgan fingerprint density at radius 1 is 1.31 bits per heavy atom. The van der Waals surface area contributed by atoms with Crippen molar-refractivity contribution in [2.24, 2.45) is 5.73 Å². The van der Waals surface area contributed by atoms with E-state index in [0.717, 1.165) is 12.1 Å². The van der Waals surface area contributed by atoms with Crippen LogP contribution in [0.25, 0.3) is 0 Å². The lowest BCUT2D eigenvalue weighted by atomic mass is 10.0. The summed E-state index contributed by atoms with van der Waals surface area (Å²) in [4.78, 5) is 10.6. The van der Waals surface area contributed by atoms with E-state index >= 15 is 0 Å². The summed E-state index contributed by atoms with van der Waals surface area (Å²) in [6.45, 7) is 0. The fourth-order valence-electron chi connectivity index (χ4n) is 1.14. The lowest BCUT2D eigenvalue weighted by Crippen LogP contribution is -2.30. The maximum Gasteiger partial charge on any atom is 0.407 e. The molecule has 90 valence electrons. The smallest absolute Gasteiger partial charge is 0.407 e. The molecule has 0 radical (unpaired) electrons. The van der Waals surface area contributed by atoms with Crippen molar-refractivity contribution in [3.05, 3.63) is 35.4 Å². The zero-order chi connectivity index (χ0) is 11.6. The van der Waals surface area contributed by atoms with Gasteiger partial charge in [0.2, 0.25) is 0 Å². The Kier molecular flexibility index (Phi) is 4.77. The maximum atomic E-state index is 12.3. The van der Waals surface area contributed by atoms with Gasteiger partial charge in [0.25, 0.3) is 0 Å². The van der Waals surface area contributed by atoms with E-state index in [2.05, 4.69) is 0 Å². The van der Waals surface area contributed by atoms with Gasteiger partial charge < -0.3 is 10.8 Å². The Bertz CT molecular complexity index is 381. The van der Waals surface area contributed by atoms with Gasteiger partial charge in [-0.15, -0.1) is 12.4 Å². The third-order valence-corrected chi connectivity index (χ3v) is 1.88. The van der Waals surface area contributed by atoms with Crippen molar-refractivity contribution in [1.82, 2.24) is 0 Å². The molecule has 0 bridgehead atoms. The first-order valence-electron chi connectivity index (χ1n) is 3.98. The lowest BCUT2D eigenvalue weighted by molar-refractivity contribution is -0.149. The fraction of sp³-hybridized carbons (Fsp3) is 0.222. The van der Waals surface area contributed by atoms with E-state index in [1.54, 1.807) is 0 Å². The van der Waals surface area contributed by atoms with Gasteiger partial charge in [-0.05, 0) is 11.6 Å². The van der Waals surface area contributed by atoms with Crippen LogP contribution in [0, 0.1) is 0 Å². The molecule has 1 atom stereocenters. The summed E-state index contributed by atoms with van der Waals surface area (Å²) >= 11 is 0. The van der Waals surface area contributed by atoms with Crippen LogP contribution in [-0.4, -0.2) is 17.3 Å². The molecule has 0 saturated carbocycles. The van der Waals surface area contributed by atoms with E-state index in [1.165, 1.54) is 12.1 Å². The average molecular weight is 256 g/mol. The molecule has 3 nitrogen and oxygen atoms in total. The molecule has 7 heteroatoms. The number of halogens is 4. The van der Waals surface area contributed by atoms with Gasteiger partial charge in [-0.1, -0.05) is 18.2 Å². The van der Waals surface area contributed by atoms with Crippen molar-refractivity contribution >= 4 is 18.4 Å². The van der Waals surface area contributed by atoms with E-state index < -0.39 is 29.3 Å². The molecule has 0 fully saturated rings. The van der Waals surface area contributed by atoms with Gasteiger partial charge in [-0.3, -0.25) is 0 Å². The van der Waals surface area contributed by atoms with Gasteiger partial charge >= 0.3 is 12.1 Å². The van der Waals surface area contributed by atoms with E-state index in [4.69, 9.17) is 10.8 Å². The molecule has 0 heterocycles. The molecule has 0 aliphatic carbocycles. The minimum Gasteiger partial charge on any atom is -0.478 e. The summed E-state index contributed by atoms with van der Waals surface area (Å²) in [5.74, 6) is -1.43. The van der Waals surface area contributed by atoms with Crippen LogP contribution in [0.4, 0.5) is 13.2 Å². The highest BCUT2D eigenvalue weighted by Gasteiger charge is 2.39. The highest BCUT2D eigenvalue weighted by Crippen LogP contribution is 2.32. The molecule has 0 aliphatic rings. The number of rotatable bonds is 2. The number of carboxylic acid groups (broad SMARTS) is 1. The van der Waals surface area contributed by atoms with Crippen LogP contribution in [-0.2, 0) is 0 Å². The standard InChI is InChI=1S/C9H8F3NO2.ClH/c10-9(11,12)7(13)5-3-1-2-4-6(5)8(14)15;/h1-4,7H,13H2,(H,14,15);1H/t7-;/m0./s1. The zero-order valence-electron chi connectivity index (χ0n) is 7.86. The molecule has 3 N–H and O–H groups in total. The average Bonchev–Trinajstić information content (AvgIpc) is 2.15. The molecular formula is C9H9ClF3NO2. The van der Waals surface area contributed by atoms with Crippen molar-refractivity contribution < 1.29 is 23.1 Å².